The van der Waals surface area contributed by atoms with Crippen molar-refractivity contribution in [2.45, 2.75) is 18.3 Å². The van der Waals surface area contributed by atoms with Crippen molar-refractivity contribution in [1.82, 2.24) is 14.4 Å². The Bertz CT molecular complexity index is 832. The Kier molecular flexibility index (Phi) is 2.61. The van der Waals surface area contributed by atoms with Gasteiger partial charge in [-0.15, -0.1) is 0 Å². The Morgan fingerprint density at radius 1 is 1.29 bits per heavy atom. The van der Waals surface area contributed by atoms with Crippen molar-refractivity contribution in [3.05, 3.63) is 36.2 Å². The van der Waals surface area contributed by atoms with Crippen LogP contribution >= 0.6 is 0 Å². The highest BCUT2D eigenvalue weighted by atomic mass is 16.5. The molecule has 3 aromatic rings. The number of nitrogens with zero attached hydrogens (tertiary/aromatic N) is 3. The van der Waals surface area contributed by atoms with Gasteiger partial charge in [0.1, 0.15) is 18.3 Å². The number of nitrogens with two attached hydrogens (primary N) is 1. The smallest absolute Gasteiger partial charge is 0.180 e. The highest BCUT2D eigenvalue weighted by Crippen LogP contribution is 2.32. The van der Waals surface area contributed by atoms with Gasteiger partial charge in [0, 0.05) is 0 Å². The molecule has 0 saturated carbocycles. The van der Waals surface area contributed by atoms with E-state index in [4.69, 9.17) is 10.5 Å². The fourth-order valence-electron chi connectivity index (χ4n) is 2.79. The SMILES string of the molecule is Nc1nc2ccccc2n2c(C3OCC(O)C3O)cnc12. The monoisotopic (exact) mass is 286 g/mol. The Morgan fingerprint density at radius 2 is 2.10 bits per heavy atom. The van der Waals surface area contributed by atoms with Crippen LogP contribution in [0.4, 0.5) is 5.82 Å². The van der Waals surface area contributed by atoms with Crippen molar-refractivity contribution < 1.29 is 14.9 Å². The largest absolute Gasteiger partial charge is 0.388 e. The summed E-state index contributed by atoms with van der Waals surface area (Å²) in [5, 5.41) is 19.7. The molecule has 108 valence electrons. The second kappa shape index (κ2) is 4.39. The minimum absolute atomic E-state index is 0.0948. The molecule has 3 unspecified atom stereocenters. The number of benzene rings is 1. The lowest BCUT2D eigenvalue weighted by Gasteiger charge is -2.15. The molecule has 0 spiro atoms. The number of aromatic nitrogens is 3. The summed E-state index contributed by atoms with van der Waals surface area (Å²) >= 11 is 0. The van der Waals surface area contributed by atoms with Crippen LogP contribution in [0.25, 0.3) is 16.7 Å². The maximum Gasteiger partial charge on any atom is 0.180 e. The molecule has 1 aliphatic rings. The number of aliphatic hydroxyl groups is 2. The van der Waals surface area contributed by atoms with Crippen LogP contribution in [0.3, 0.4) is 0 Å². The van der Waals surface area contributed by atoms with Crippen LogP contribution in [0.15, 0.2) is 30.5 Å². The second-order valence-corrected chi connectivity index (χ2v) is 5.14. The van der Waals surface area contributed by atoms with Crippen LogP contribution in [-0.4, -0.2) is 43.4 Å². The van der Waals surface area contributed by atoms with E-state index in [1.807, 2.05) is 28.7 Å². The summed E-state index contributed by atoms with van der Waals surface area (Å²) in [5.41, 5.74) is 8.67. The first-order chi connectivity index (χ1) is 10.2. The van der Waals surface area contributed by atoms with Gasteiger partial charge < -0.3 is 20.7 Å². The third-order valence-corrected chi connectivity index (χ3v) is 3.82. The van der Waals surface area contributed by atoms with Gasteiger partial charge in [0.15, 0.2) is 11.5 Å². The molecule has 1 aromatic carbocycles. The standard InChI is InChI=1S/C14H14N4O3/c15-13-14-16-5-9(12-11(20)10(19)6-21-12)18(14)8-4-2-1-3-7(8)17-13/h1-5,10-12,19-20H,6H2,(H2,15,17). The predicted octanol–water partition coefficient (Wildman–Crippen LogP) is 0.258. The van der Waals surface area contributed by atoms with Gasteiger partial charge in [0.2, 0.25) is 0 Å². The molecule has 4 rings (SSSR count). The average molecular weight is 286 g/mol. The van der Waals surface area contributed by atoms with Crippen molar-refractivity contribution in [2.75, 3.05) is 12.3 Å². The van der Waals surface area contributed by atoms with Gasteiger partial charge in [0.25, 0.3) is 0 Å². The van der Waals surface area contributed by atoms with E-state index in [1.54, 1.807) is 6.20 Å². The minimum atomic E-state index is -0.988. The molecule has 1 saturated heterocycles. The molecule has 0 radical (unpaired) electrons. The van der Waals surface area contributed by atoms with E-state index in [9.17, 15) is 10.2 Å². The normalized spacial score (nSPS) is 25.9. The van der Waals surface area contributed by atoms with Crippen LogP contribution in [0.1, 0.15) is 11.8 Å². The molecule has 21 heavy (non-hydrogen) atoms. The van der Waals surface area contributed by atoms with Gasteiger partial charge in [-0.1, -0.05) is 12.1 Å². The van der Waals surface area contributed by atoms with Crippen LogP contribution < -0.4 is 5.73 Å². The fraction of sp³-hybridized carbons (Fsp3) is 0.286. The van der Waals surface area contributed by atoms with E-state index < -0.39 is 18.3 Å². The third-order valence-electron chi connectivity index (χ3n) is 3.82. The molecule has 3 heterocycles. The maximum atomic E-state index is 10.1. The topological polar surface area (TPSA) is 106 Å². The number of para-hydroxylation sites is 2. The summed E-state index contributed by atoms with van der Waals surface area (Å²) < 4.78 is 7.32. The zero-order valence-corrected chi connectivity index (χ0v) is 11.0. The maximum absolute atomic E-state index is 10.1. The van der Waals surface area contributed by atoms with Crippen molar-refractivity contribution in [3.8, 4) is 0 Å². The first-order valence-corrected chi connectivity index (χ1v) is 6.66. The highest BCUT2D eigenvalue weighted by molar-refractivity contribution is 5.82. The molecule has 4 N–H and O–H groups in total. The molecular weight excluding hydrogens is 272 g/mol. The second-order valence-electron chi connectivity index (χ2n) is 5.14. The number of hydrogen-bond donors (Lipinski definition) is 3. The summed E-state index contributed by atoms with van der Waals surface area (Å²) in [6.45, 7) is 0.0948. The molecule has 1 aliphatic heterocycles. The number of rotatable bonds is 1. The summed E-state index contributed by atoms with van der Waals surface area (Å²) in [6, 6.07) is 7.53. The molecular formula is C14H14N4O3. The van der Waals surface area contributed by atoms with Gasteiger partial charge in [-0.2, -0.15) is 0 Å². The van der Waals surface area contributed by atoms with Crippen LogP contribution in [0.2, 0.25) is 0 Å². The van der Waals surface area contributed by atoms with Crippen molar-refractivity contribution >= 4 is 22.5 Å². The highest BCUT2D eigenvalue weighted by Gasteiger charge is 2.37. The number of imidazole rings is 1. The fourth-order valence-corrected chi connectivity index (χ4v) is 2.79. The van der Waals surface area contributed by atoms with Gasteiger partial charge in [-0.05, 0) is 12.1 Å². The van der Waals surface area contributed by atoms with Gasteiger partial charge in [-0.25, -0.2) is 9.97 Å². The van der Waals surface area contributed by atoms with Crippen LogP contribution in [0.5, 0.6) is 0 Å². The number of ether oxygens (including phenoxy) is 1. The third kappa shape index (κ3) is 1.72. The number of fused-ring (bicyclic) bond motifs is 3. The molecule has 0 aliphatic carbocycles. The lowest BCUT2D eigenvalue weighted by Crippen LogP contribution is -2.25. The Morgan fingerprint density at radius 3 is 2.86 bits per heavy atom. The predicted molar refractivity (Wildman–Crippen MR) is 75.6 cm³/mol. The van der Waals surface area contributed by atoms with Gasteiger partial charge >= 0.3 is 0 Å². The van der Waals surface area contributed by atoms with Gasteiger partial charge in [-0.3, -0.25) is 4.40 Å². The summed E-state index contributed by atoms with van der Waals surface area (Å²) in [5.74, 6) is 0.313. The van der Waals surface area contributed by atoms with E-state index in [0.29, 0.717) is 17.2 Å². The Balaban J connectivity index is 2.02. The first kappa shape index (κ1) is 12.5. The van der Waals surface area contributed by atoms with E-state index >= 15 is 0 Å². The van der Waals surface area contributed by atoms with Crippen molar-refractivity contribution in [1.29, 1.82) is 0 Å². The average Bonchev–Trinajstić information content (AvgIpc) is 3.05. The molecule has 2 aromatic heterocycles. The zero-order valence-electron chi connectivity index (χ0n) is 11.0. The van der Waals surface area contributed by atoms with Crippen molar-refractivity contribution in [3.63, 3.8) is 0 Å². The van der Waals surface area contributed by atoms with Crippen molar-refractivity contribution in [2.24, 2.45) is 0 Å². The van der Waals surface area contributed by atoms with Crippen LogP contribution in [0, 0.1) is 0 Å². The van der Waals surface area contributed by atoms with E-state index in [2.05, 4.69) is 9.97 Å². The molecule has 0 amide bonds. The number of nitrogen functional groups attached to an aromatic ring is 1. The van der Waals surface area contributed by atoms with Gasteiger partial charge in [0.05, 0.1) is 29.5 Å². The molecule has 0 bridgehead atoms. The Labute approximate surface area is 119 Å². The number of anilines is 1. The minimum Gasteiger partial charge on any atom is -0.388 e. The molecule has 1 fully saturated rings. The lowest BCUT2D eigenvalue weighted by atomic mass is 10.1. The summed E-state index contributed by atoms with van der Waals surface area (Å²) in [6.07, 6.45) is -0.921. The van der Waals surface area contributed by atoms with Crippen LogP contribution in [-0.2, 0) is 4.74 Å². The number of hydrogen-bond acceptors (Lipinski definition) is 6. The Hall–Kier alpha value is -2.22. The lowest BCUT2D eigenvalue weighted by molar-refractivity contribution is 0.0203. The quantitative estimate of drug-likeness (QED) is 0.592. The summed E-state index contributed by atoms with van der Waals surface area (Å²) in [4.78, 5) is 8.59. The van der Waals surface area contributed by atoms with E-state index in [0.717, 1.165) is 11.0 Å². The van der Waals surface area contributed by atoms with E-state index in [1.165, 1.54) is 0 Å². The summed E-state index contributed by atoms with van der Waals surface area (Å²) in [7, 11) is 0. The number of aliphatic hydroxyl groups excluding tert-OH is 2. The van der Waals surface area contributed by atoms with E-state index in [-0.39, 0.29) is 6.61 Å². The molecule has 7 heteroatoms. The first-order valence-electron chi connectivity index (χ1n) is 6.66. The molecule has 7 nitrogen and oxygen atoms in total. The zero-order chi connectivity index (χ0) is 14.6. The molecule has 3 atom stereocenters.